The SMILES string of the molecule is CCCNc1snnc1CN1CC(=O)N(C)CC1=O. The predicted octanol–water partition coefficient (Wildman–Crippen LogP) is 0.161. The summed E-state index contributed by atoms with van der Waals surface area (Å²) in [5, 5.41) is 8.13. The molecule has 104 valence electrons. The monoisotopic (exact) mass is 283 g/mol. The van der Waals surface area contributed by atoms with Crippen molar-refractivity contribution in [3.63, 3.8) is 0 Å². The van der Waals surface area contributed by atoms with E-state index in [1.165, 1.54) is 21.3 Å². The standard InChI is InChI=1S/C11H17N5O2S/c1-3-4-12-11-8(13-14-19-11)5-16-7-9(17)15(2)6-10(16)18/h12H,3-7H2,1-2H3. The van der Waals surface area contributed by atoms with Gasteiger partial charge in [-0.15, -0.1) is 5.10 Å². The fourth-order valence-electron chi connectivity index (χ4n) is 1.77. The number of hydrogen-bond donors (Lipinski definition) is 1. The molecule has 0 atom stereocenters. The highest BCUT2D eigenvalue weighted by Crippen LogP contribution is 2.20. The van der Waals surface area contributed by atoms with E-state index >= 15 is 0 Å². The Hall–Kier alpha value is -1.70. The Kier molecular flexibility index (Phi) is 4.31. The van der Waals surface area contributed by atoms with E-state index in [-0.39, 0.29) is 24.9 Å². The maximum Gasteiger partial charge on any atom is 0.243 e. The molecule has 1 aromatic rings. The van der Waals surface area contributed by atoms with Gasteiger partial charge in [0.25, 0.3) is 0 Å². The van der Waals surface area contributed by atoms with E-state index in [1.807, 2.05) is 0 Å². The van der Waals surface area contributed by atoms with Crippen molar-refractivity contribution in [1.29, 1.82) is 0 Å². The maximum absolute atomic E-state index is 11.9. The van der Waals surface area contributed by atoms with E-state index < -0.39 is 0 Å². The normalized spacial score (nSPS) is 16.1. The highest BCUT2D eigenvalue weighted by atomic mass is 32.1. The quantitative estimate of drug-likeness (QED) is 0.833. The molecular weight excluding hydrogens is 266 g/mol. The summed E-state index contributed by atoms with van der Waals surface area (Å²) in [5.74, 6) is -0.109. The molecule has 1 aromatic heterocycles. The van der Waals surface area contributed by atoms with Crippen LogP contribution in [0, 0.1) is 0 Å². The van der Waals surface area contributed by atoms with Gasteiger partial charge in [-0.1, -0.05) is 11.4 Å². The summed E-state index contributed by atoms with van der Waals surface area (Å²) in [6.45, 7) is 3.49. The highest BCUT2D eigenvalue weighted by Gasteiger charge is 2.28. The lowest BCUT2D eigenvalue weighted by Crippen LogP contribution is -2.51. The molecule has 1 aliphatic heterocycles. The minimum atomic E-state index is -0.0588. The average molecular weight is 283 g/mol. The summed E-state index contributed by atoms with van der Waals surface area (Å²) in [7, 11) is 1.64. The number of likely N-dealkylation sites (N-methyl/N-ethyl adjacent to an activating group) is 1. The first-order valence-corrected chi connectivity index (χ1v) is 6.96. The molecule has 1 saturated heterocycles. The topological polar surface area (TPSA) is 78.4 Å². The predicted molar refractivity (Wildman–Crippen MR) is 71.7 cm³/mol. The molecule has 0 saturated carbocycles. The third-order valence-corrected chi connectivity index (χ3v) is 3.63. The summed E-state index contributed by atoms with van der Waals surface area (Å²) in [5.41, 5.74) is 0.726. The fraction of sp³-hybridized carbons (Fsp3) is 0.636. The molecule has 1 aliphatic rings. The first kappa shape index (κ1) is 13.7. The average Bonchev–Trinajstić information content (AvgIpc) is 2.81. The Morgan fingerprint density at radius 1 is 1.32 bits per heavy atom. The van der Waals surface area contributed by atoms with Crippen molar-refractivity contribution >= 4 is 28.3 Å². The molecule has 0 aromatic carbocycles. The van der Waals surface area contributed by atoms with Gasteiger partial charge < -0.3 is 15.1 Å². The van der Waals surface area contributed by atoms with E-state index in [0.717, 1.165) is 23.7 Å². The van der Waals surface area contributed by atoms with Crippen LogP contribution >= 0.6 is 11.5 Å². The van der Waals surface area contributed by atoms with Crippen molar-refractivity contribution in [3.05, 3.63) is 5.69 Å². The summed E-state index contributed by atoms with van der Waals surface area (Å²) >= 11 is 1.28. The summed E-state index contributed by atoms with van der Waals surface area (Å²) < 4.78 is 3.90. The van der Waals surface area contributed by atoms with Crippen LogP contribution in [0.3, 0.4) is 0 Å². The molecular formula is C11H17N5O2S. The number of hydrogen-bond acceptors (Lipinski definition) is 6. The number of aromatic nitrogens is 2. The van der Waals surface area contributed by atoms with Gasteiger partial charge in [0.05, 0.1) is 13.1 Å². The van der Waals surface area contributed by atoms with Crippen LogP contribution in [-0.4, -0.2) is 57.9 Å². The van der Waals surface area contributed by atoms with E-state index in [4.69, 9.17) is 0 Å². The van der Waals surface area contributed by atoms with Crippen molar-refractivity contribution in [3.8, 4) is 0 Å². The minimum absolute atomic E-state index is 0.0501. The van der Waals surface area contributed by atoms with Gasteiger partial charge >= 0.3 is 0 Å². The van der Waals surface area contributed by atoms with Gasteiger partial charge in [0, 0.05) is 25.1 Å². The van der Waals surface area contributed by atoms with Crippen LogP contribution in [0.25, 0.3) is 0 Å². The Bertz CT molecular complexity index is 475. The van der Waals surface area contributed by atoms with Gasteiger partial charge in [0.15, 0.2) is 0 Å². The number of nitrogens with zero attached hydrogens (tertiary/aromatic N) is 4. The molecule has 0 aliphatic carbocycles. The van der Waals surface area contributed by atoms with Crippen molar-refractivity contribution in [2.24, 2.45) is 0 Å². The second-order valence-corrected chi connectivity index (χ2v) is 5.23. The summed E-state index contributed by atoms with van der Waals surface area (Å²) in [6.07, 6.45) is 1.00. The Morgan fingerprint density at radius 2 is 2.11 bits per heavy atom. The number of nitrogens with one attached hydrogen (secondary N) is 1. The lowest BCUT2D eigenvalue weighted by Gasteiger charge is -2.31. The molecule has 2 amide bonds. The van der Waals surface area contributed by atoms with Gasteiger partial charge in [0.1, 0.15) is 17.2 Å². The largest absolute Gasteiger partial charge is 0.374 e. The number of anilines is 1. The molecule has 2 heterocycles. The fourth-order valence-corrected chi connectivity index (χ4v) is 2.37. The molecule has 0 unspecified atom stereocenters. The Labute approximate surface area is 115 Å². The van der Waals surface area contributed by atoms with Crippen molar-refractivity contribution in [2.45, 2.75) is 19.9 Å². The number of amides is 2. The first-order chi connectivity index (χ1) is 9.11. The van der Waals surface area contributed by atoms with Crippen LogP contribution in [0.15, 0.2) is 0 Å². The number of carbonyl (C=O) groups is 2. The van der Waals surface area contributed by atoms with Crippen LogP contribution in [0.1, 0.15) is 19.0 Å². The second-order valence-electron chi connectivity index (χ2n) is 4.48. The van der Waals surface area contributed by atoms with Gasteiger partial charge in [-0.3, -0.25) is 9.59 Å². The molecule has 0 bridgehead atoms. The molecule has 7 nitrogen and oxygen atoms in total. The van der Waals surface area contributed by atoms with Crippen molar-refractivity contribution in [2.75, 3.05) is 32.0 Å². The van der Waals surface area contributed by atoms with E-state index in [0.29, 0.717) is 6.54 Å². The molecule has 2 rings (SSSR count). The second kappa shape index (κ2) is 5.96. The number of rotatable bonds is 5. The molecule has 8 heteroatoms. The molecule has 1 fully saturated rings. The zero-order valence-electron chi connectivity index (χ0n) is 11.0. The Morgan fingerprint density at radius 3 is 2.84 bits per heavy atom. The maximum atomic E-state index is 11.9. The van der Waals surface area contributed by atoms with Crippen LogP contribution in [0.2, 0.25) is 0 Å². The van der Waals surface area contributed by atoms with Crippen LogP contribution in [-0.2, 0) is 16.1 Å². The first-order valence-electron chi connectivity index (χ1n) is 6.18. The van der Waals surface area contributed by atoms with Crippen LogP contribution in [0.4, 0.5) is 5.00 Å². The van der Waals surface area contributed by atoms with Crippen LogP contribution in [0.5, 0.6) is 0 Å². The van der Waals surface area contributed by atoms with E-state index in [1.54, 1.807) is 7.05 Å². The summed E-state index contributed by atoms with van der Waals surface area (Å²) in [4.78, 5) is 26.5. The highest BCUT2D eigenvalue weighted by molar-refractivity contribution is 7.10. The Balaban J connectivity index is 2.02. The van der Waals surface area contributed by atoms with Crippen molar-refractivity contribution < 1.29 is 9.59 Å². The molecule has 0 radical (unpaired) electrons. The van der Waals surface area contributed by atoms with E-state index in [2.05, 4.69) is 21.8 Å². The smallest absolute Gasteiger partial charge is 0.243 e. The van der Waals surface area contributed by atoms with Gasteiger partial charge in [0.2, 0.25) is 11.8 Å². The lowest BCUT2D eigenvalue weighted by molar-refractivity contribution is -0.149. The molecule has 1 N–H and O–H groups in total. The minimum Gasteiger partial charge on any atom is -0.374 e. The zero-order valence-corrected chi connectivity index (χ0v) is 11.9. The number of carbonyl (C=O) groups excluding carboxylic acids is 2. The summed E-state index contributed by atoms with van der Waals surface area (Å²) in [6, 6.07) is 0. The molecule has 0 spiro atoms. The zero-order chi connectivity index (χ0) is 13.8. The van der Waals surface area contributed by atoms with Gasteiger partial charge in [-0.2, -0.15) is 0 Å². The van der Waals surface area contributed by atoms with E-state index in [9.17, 15) is 9.59 Å². The van der Waals surface area contributed by atoms with Crippen LogP contribution < -0.4 is 5.32 Å². The van der Waals surface area contributed by atoms with Gasteiger partial charge in [-0.05, 0) is 6.42 Å². The van der Waals surface area contributed by atoms with Gasteiger partial charge in [-0.25, -0.2) is 0 Å². The third kappa shape index (κ3) is 3.19. The molecule has 19 heavy (non-hydrogen) atoms. The lowest BCUT2D eigenvalue weighted by atomic mass is 10.3. The van der Waals surface area contributed by atoms with Crippen molar-refractivity contribution in [1.82, 2.24) is 19.4 Å². The third-order valence-electron chi connectivity index (χ3n) is 2.91. The number of piperazine rings is 1.